The van der Waals surface area contributed by atoms with Gasteiger partial charge in [-0.15, -0.1) is 0 Å². The number of para-hydroxylation sites is 1. The number of carboxylic acids is 1. The summed E-state index contributed by atoms with van der Waals surface area (Å²) in [7, 11) is 1.62. The predicted octanol–water partition coefficient (Wildman–Crippen LogP) is 3.28. The van der Waals surface area contributed by atoms with Gasteiger partial charge in [0.05, 0.1) is 7.11 Å². The molecule has 0 saturated carbocycles. The number of hydrogen-bond donors (Lipinski definition) is 2. The molecule has 2 N–H and O–H groups in total. The summed E-state index contributed by atoms with van der Waals surface area (Å²) >= 11 is 0. The Bertz CT molecular complexity index is 695. The minimum atomic E-state index is -0.816. The molecule has 0 bridgehead atoms. The number of ether oxygens (including phenoxy) is 1. The Morgan fingerprint density at radius 3 is 2.38 bits per heavy atom. The Kier molecular flexibility index (Phi) is 6.37. The Hall–Kier alpha value is -2.82. The summed E-state index contributed by atoms with van der Waals surface area (Å²) in [5.41, 5.74) is 2.64. The second kappa shape index (κ2) is 8.72. The number of aryl methyl sites for hydroxylation is 2. The Balaban J connectivity index is 1.84. The van der Waals surface area contributed by atoms with Gasteiger partial charge in [0.1, 0.15) is 5.75 Å². The lowest BCUT2D eigenvalue weighted by Crippen LogP contribution is -2.12. The van der Waals surface area contributed by atoms with E-state index in [9.17, 15) is 9.59 Å². The molecule has 0 saturated heterocycles. The lowest BCUT2D eigenvalue weighted by Gasteiger charge is -2.09. The van der Waals surface area contributed by atoms with Crippen LogP contribution in [0.2, 0.25) is 0 Å². The van der Waals surface area contributed by atoms with E-state index < -0.39 is 5.97 Å². The fraction of sp³-hybridized carbons (Fsp3) is 0.263. The molecule has 24 heavy (non-hydrogen) atoms. The largest absolute Gasteiger partial charge is 0.496 e. The van der Waals surface area contributed by atoms with Gasteiger partial charge in [0, 0.05) is 18.5 Å². The van der Waals surface area contributed by atoms with Crippen molar-refractivity contribution in [2.45, 2.75) is 25.7 Å². The van der Waals surface area contributed by atoms with E-state index in [1.54, 1.807) is 19.2 Å². The van der Waals surface area contributed by atoms with Gasteiger partial charge in [-0.2, -0.15) is 0 Å². The molecular formula is C19H21NO4. The number of rotatable bonds is 8. The van der Waals surface area contributed by atoms with Crippen LogP contribution in [0.4, 0.5) is 5.69 Å². The second-order valence-corrected chi connectivity index (χ2v) is 5.45. The standard InChI is InChI=1S/C19H21NO4/c1-24-17-5-3-2-4-15(17)9-12-18(21)20-16-10-6-14(7-11-16)8-13-19(22)23/h2-7,10-11H,8-9,12-13H2,1H3,(H,20,21)(H,22,23). The summed E-state index contributed by atoms with van der Waals surface area (Å²) in [6.07, 6.45) is 1.55. The van der Waals surface area contributed by atoms with Crippen molar-refractivity contribution in [1.29, 1.82) is 0 Å². The maximum absolute atomic E-state index is 12.1. The van der Waals surface area contributed by atoms with E-state index in [0.717, 1.165) is 16.9 Å². The molecule has 0 heterocycles. The van der Waals surface area contributed by atoms with Crippen LogP contribution in [0.1, 0.15) is 24.0 Å². The molecule has 0 aliphatic heterocycles. The van der Waals surface area contributed by atoms with Crippen molar-refractivity contribution >= 4 is 17.6 Å². The number of carbonyl (C=O) groups excluding carboxylic acids is 1. The van der Waals surface area contributed by atoms with Gasteiger partial charge < -0.3 is 15.2 Å². The quantitative estimate of drug-likeness (QED) is 0.780. The van der Waals surface area contributed by atoms with Crippen LogP contribution in [0, 0.1) is 0 Å². The van der Waals surface area contributed by atoms with Crippen LogP contribution in [0.3, 0.4) is 0 Å². The summed E-state index contributed by atoms with van der Waals surface area (Å²) in [6.45, 7) is 0. The molecule has 2 aromatic carbocycles. The third kappa shape index (κ3) is 5.43. The van der Waals surface area contributed by atoms with E-state index in [2.05, 4.69) is 5.32 Å². The highest BCUT2D eigenvalue weighted by Crippen LogP contribution is 2.19. The van der Waals surface area contributed by atoms with Gasteiger partial charge in [0.25, 0.3) is 0 Å². The summed E-state index contributed by atoms with van der Waals surface area (Å²) in [6, 6.07) is 14.9. The van der Waals surface area contributed by atoms with Crippen molar-refractivity contribution in [1.82, 2.24) is 0 Å². The van der Waals surface area contributed by atoms with Gasteiger partial charge in [-0.05, 0) is 42.2 Å². The Morgan fingerprint density at radius 2 is 1.71 bits per heavy atom. The van der Waals surface area contributed by atoms with E-state index in [-0.39, 0.29) is 12.3 Å². The van der Waals surface area contributed by atoms with Gasteiger partial charge in [0.15, 0.2) is 0 Å². The number of methoxy groups -OCH3 is 1. The van der Waals surface area contributed by atoms with E-state index in [1.807, 2.05) is 36.4 Å². The van der Waals surface area contributed by atoms with Gasteiger partial charge >= 0.3 is 5.97 Å². The second-order valence-electron chi connectivity index (χ2n) is 5.45. The highest BCUT2D eigenvalue weighted by molar-refractivity contribution is 5.90. The Labute approximate surface area is 141 Å². The van der Waals surface area contributed by atoms with Crippen LogP contribution in [-0.4, -0.2) is 24.1 Å². The van der Waals surface area contributed by atoms with Gasteiger partial charge in [-0.3, -0.25) is 9.59 Å². The van der Waals surface area contributed by atoms with Crippen molar-refractivity contribution in [2.75, 3.05) is 12.4 Å². The number of carboxylic acid groups (broad SMARTS) is 1. The van der Waals surface area contributed by atoms with Gasteiger partial charge in [0.2, 0.25) is 5.91 Å². The maximum Gasteiger partial charge on any atom is 0.303 e. The summed E-state index contributed by atoms with van der Waals surface area (Å²) in [5, 5.41) is 11.5. The smallest absolute Gasteiger partial charge is 0.303 e. The minimum Gasteiger partial charge on any atom is -0.496 e. The fourth-order valence-corrected chi connectivity index (χ4v) is 2.39. The van der Waals surface area contributed by atoms with Crippen LogP contribution >= 0.6 is 0 Å². The zero-order valence-corrected chi connectivity index (χ0v) is 13.6. The first-order valence-electron chi connectivity index (χ1n) is 7.81. The predicted molar refractivity (Wildman–Crippen MR) is 92.3 cm³/mol. The van der Waals surface area contributed by atoms with Crippen LogP contribution in [0.5, 0.6) is 5.75 Å². The molecule has 0 aromatic heterocycles. The minimum absolute atomic E-state index is 0.0702. The topological polar surface area (TPSA) is 75.6 Å². The molecule has 5 nitrogen and oxygen atoms in total. The van der Waals surface area contributed by atoms with E-state index in [0.29, 0.717) is 24.9 Å². The maximum atomic E-state index is 12.1. The SMILES string of the molecule is COc1ccccc1CCC(=O)Nc1ccc(CCC(=O)O)cc1. The molecular weight excluding hydrogens is 306 g/mol. The van der Waals surface area contributed by atoms with Crippen LogP contribution in [-0.2, 0) is 22.4 Å². The third-order valence-electron chi connectivity index (χ3n) is 3.68. The molecule has 0 radical (unpaired) electrons. The Morgan fingerprint density at radius 1 is 1.00 bits per heavy atom. The van der Waals surface area contributed by atoms with Crippen LogP contribution < -0.4 is 10.1 Å². The summed E-state index contributed by atoms with van der Waals surface area (Å²) < 4.78 is 5.28. The van der Waals surface area contributed by atoms with E-state index in [1.165, 1.54) is 0 Å². The highest BCUT2D eigenvalue weighted by Gasteiger charge is 2.07. The molecule has 0 aliphatic rings. The number of aliphatic carboxylic acids is 1. The summed E-state index contributed by atoms with van der Waals surface area (Å²) in [5.74, 6) is -0.101. The number of hydrogen-bond acceptors (Lipinski definition) is 3. The molecule has 5 heteroatoms. The van der Waals surface area contributed by atoms with Gasteiger partial charge in [-0.25, -0.2) is 0 Å². The monoisotopic (exact) mass is 327 g/mol. The van der Waals surface area contributed by atoms with Crippen molar-refractivity contribution < 1.29 is 19.4 Å². The van der Waals surface area contributed by atoms with E-state index >= 15 is 0 Å². The molecule has 0 fully saturated rings. The van der Waals surface area contributed by atoms with Crippen molar-refractivity contribution in [3.63, 3.8) is 0 Å². The third-order valence-corrected chi connectivity index (χ3v) is 3.68. The van der Waals surface area contributed by atoms with Crippen molar-refractivity contribution in [3.05, 3.63) is 59.7 Å². The number of amides is 1. The fourth-order valence-electron chi connectivity index (χ4n) is 2.39. The number of carbonyl (C=O) groups is 2. The molecule has 0 atom stereocenters. The first-order chi connectivity index (χ1) is 11.6. The highest BCUT2D eigenvalue weighted by atomic mass is 16.5. The first-order valence-corrected chi connectivity index (χ1v) is 7.81. The molecule has 0 spiro atoms. The van der Waals surface area contributed by atoms with E-state index in [4.69, 9.17) is 9.84 Å². The molecule has 2 rings (SSSR count). The van der Waals surface area contributed by atoms with Crippen molar-refractivity contribution in [3.8, 4) is 5.75 Å². The lowest BCUT2D eigenvalue weighted by molar-refractivity contribution is -0.137. The molecule has 0 unspecified atom stereocenters. The van der Waals surface area contributed by atoms with Crippen LogP contribution in [0.25, 0.3) is 0 Å². The average molecular weight is 327 g/mol. The zero-order chi connectivity index (χ0) is 17.4. The first kappa shape index (κ1) is 17.5. The molecule has 1 amide bonds. The van der Waals surface area contributed by atoms with Crippen LogP contribution in [0.15, 0.2) is 48.5 Å². The van der Waals surface area contributed by atoms with Crippen molar-refractivity contribution in [2.24, 2.45) is 0 Å². The summed E-state index contributed by atoms with van der Waals surface area (Å²) in [4.78, 5) is 22.6. The molecule has 0 aliphatic carbocycles. The molecule has 126 valence electrons. The lowest BCUT2D eigenvalue weighted by atomic mass is 10.1. The zero-order valence-electron chi connectivity index (χ0n) is 13.6. The normalized spacial score (nSPS) is 10.2. The molecule has 2 aromatic rings. The number of nitrogens with one attached hydrogen (secondary N) is 1. The number of anilines is 1. The van der Waals surface area contributed by atoms with Gasteiger partial charge in [-0.1, -0.05) is 30.3 Å². The number of benzene rings is 2. The average Bonchev–Trinajstić information content (AvgIpc) is 2.59.